The first-order valence-electron chi connectivity index (χ1n) is 6.08. The quantitative estimate of drug-likeness (QED) is 0.685. The zero-order valence-corrected chi connectivity index (χ0v) is 10.6. The summed E-state index contributed by atoms with van der Waals surface area (Å²) >= 11 is 0. The second-order valence-corrected chi connectivity index (χ2v) is 4.52. The second kappa shape index (κ2) is 4.26. The predicted molar refractivity (Wildman–Crippen MR) is 72.5 cm³/mol. The van der Waals surface area contributed by atoms with Gasteiger partial charge >= 0.3 is 0 Å². The molecule has 0 N–H and O–H groups in total. The summed E-state index contributed by atoms with van der Waals surface area (Å²) in [5.74, 6) is 1.01. The molecule has 0 spiro atoms. The molecule has 18 heavy (non-hydrogen) atoms. The van der Waals surface area contributed by atoms with Crippen LogP contribution in [0.3, 0.4) is 0 Å². The van der Waals surface area contributed by atoms with Crippen LogP contribution >= 0.6 is 0 Å². The maximum Gasteiger partial charge on any atom is 0.160 e. The molecule has 2 aromatic heterocycles. The van der Waals surface area contributed by atoms with E-state index in [1.54, 1.807) is 0 Å². The van der Waals surface area contributed by atoms with Crippen molar-refractivity contribution in [3.8, 4) is 0 Å². The average molecular weight is 237 g/mol. The largest absolute Gasteiger partial charge is 0.308 e. The van der Waals surface area contributed by atoms with E-state index in [0.29, 0.717) is 0 Å². The Kier molecular flexibility index (Phi) is 2.59. The van der Waals surface area contributed by atoms with Crippen LogP contribution in [0.25, 0.3) is 11.2 Å². The molecule has 0 bridgehead atoms. The van der Waals surface area contributed by atoms with Crippen LogP contribution in [0, 0.1) is 13.8 Å². The van der Waals surface area contributed by atoms with Gasteiger partial charge in [-0.25, -0.2) is 9.97 Å². The van der Waals surface area contributed by atoms with Crippen LogP contribution in [0.2, 0.25) is 0 Å². The van der Waals surface area contributed by atoms with Gasteiger partial charge in [-0.2, -0.15) is 0 Å². The number of pyridine rings is 1. The van der Waals surface area contributed by atoms with Crippen molar-refractivity contribution < 1.29 is 0 Å². The third-order valence-corrected chi connectivity index (χ3v) is 3.28. The van der Waals surface area contributed by atoms with Crippen LogP contribution < -0.4 is 0 Å². The van der Waals surface area contributed by atoms with Crippen molar-refractivity contribution in [2.45, 2.75) is 20.4 Å². The lowest BCUT2D eigenvalue weighted by Crippen LogP contribution is -2.04. The van der Waals surface area contributed by atoms with Crippen LogP contribution in [0.1, 0.15) is 17.0 Å². The first kappa shape index (κ1) is 11.0. The van der Waals surface area contributed by atoms with Gasteiger partial charge in [0.2, 0.25) is 0 Å². The fourth-order valence-electron chi connectivity index (χ4n) is 2.22. The van der Waals surface area contributed by atoms with Crippen molar-refractivity contribution in [1.82, 2.24) is 14.5 Å². The van der Waals surface area contributed by atoms with Gasteiger partial charge in [0.05, 0.1) is 6.54 Å². The number of nitrogens with zero attached hydrogens (tertiary/aromatic N) is 3. The predicted octanol–water partition coefficient (Wildman–Crippen LogP) is 3.10. The highest BCUT2D eigenvalue weighted by atomic mass is 15.1. The SMILES string of the molecule is Cc1ccccc1Cn1c(C)nc2cccnc21. The lowest BCUT2D eigenvalue weighted by molar-refractivity contribution is 0.773. The van der Waals surface area contributed by atoms with Crippen molar-refractivity contribution in [3.63, 3.8) is 0 Å². The Morgan fingerprint density at radius 1 is 1.06 bits per heavy atom. The minimum atomic E-state index is 0.825. The van der Waals surface area contributed by atoms with E-state index in [1.807, 2.05) is 25.3 Å². The maximum atomic E-state index is 4.54. The van der Waals surface area contributed by atoms with Crippen molar-refractivity contribution >= 4 is 11.2 Å². The van der Waals surface area contributed by atoms with Crippen LogP contribution in [0.15, 0.2) is 42.6 Å². The molecule has 3 heteroatoms. The molecule has 0 atom stereocenters. The molecule has 0 fully saturated rings. The van der Waals surface area contributed by atoms with Gasteiger partial charge in [-0.3, -0.25) is 0 Å². The van der Waals surface area contributed by atoms with Crippen LogP contribution in [0.5, 0.6) is 0 Å². The molecule has 0 radical (unpaired) electrons. The molecule has 0 saturated heterocycles. The molecule has 0 unspecified atom stereocenters. The lowest BCUT2D eigenvalue weighted by atomic mass is 10.1. The van der Waals surface area contributed by atoms with E-state index < -0.39 is 0 Å². The third kappa shape index (κ3) is 1.78. The molecule has 0 saturated carbocycles. The number of fused-ring (bicyclic) bond motifs is 1. The monoisotopic (exact) mass is 237 g/mol. The van der Waals surface area contributed by atoms with E-state index in [0.717, 1.165) is 23.5 Å². The summed E-state index contributed by atoms with van der Waals surface area (Å²) in [4.78, 5) is 8.97. The van der Waals surface area contributed by atoms with Gasteiger partial charge in [0.15, 0.2) is 5.65 Å². The first-order valence-corrected chi connectivity index (χ1v) is 6.08. The molecular formula is C15H15N3. The topological polar surface area (TPSA) is 30.7 Å². The highest BCUT2D eigenvalue weighted by Gasteiger charge is 2.08. The molecule has 1 aromatic carbocycles. The van der Waals surface area contributed by atoms with Gasteiger partial charge < -0.3 is 4.57 Å². The molecule has 3 aromatic rings. The fraction of sp³-hybridized carbons (Fsp3) is 0.200. The van der Waals surface area contributed by atoms with Crippen molar-refractivity contribution in [2.75, 3.05) is 0 Å². The van der Waals surface area contributed by atoms with E-state index in [4.69, 9.17) is 0 Å². The Morgan fingerprint density at radius 2 is 1.89 bits per heavy atom. The molecule has 0 aliphatic rings. The summed E-state index contributed by atoms with van der Waals surface area (Å²) in [5.41, 5.74) is 4.53. The highest BCUT2D eigenvalue weighted by molar-refractivity contribution is 5.71. The number of rotatable bonds is 2. The van der Waals surface area contributed by atoms with Gasteiger partial charge in [-0.15, -0.1) is 0 Å². The number of hydrogen-bond acceptors (Lipinski definition) is 2. The first-order chi connectivity index (χ1) is 8.75. The number of aryl methyl sites for hydroxylation is 2. The smallest absolute Gasteiger partial charge is 0.160 e. The second-order valence-electron chi connectivity index (χ2n) is 4.52. The molecular weight excluding hydrogens is 222 g/mol. The number of imidazole rings is 1. The third-order valence-electron chi connectivity index (χ3n) is 3.28. The van der Waals surface area contributed by atoms with Crippen LogP contribution in [-0.4, -0.2) is 14.5 Å². The summed E-state index contributed by atoms with van der Waals surface area (Å²) in [5, 5.41) is 0. The summed E-state index contributed by atoms with van der Waals surface area (Å²) in [6, 6.07) is 12.4. The van der Waals surface area contributed by atoms with E-state index in [9.17, 15) is 0 Å². The zero-order valence-electron chi connectivity index (χ0n) is 10.6. The van der Waals surface area contributed by atoms with Crippen molar-refractivity contribution in [1.29, 1.82) is 0 Å². The van der Waals surface area contributed by atoms with E-state index >= 15 is 0 Å². The number of aromatic nitrogens is 3. The summed E-state index contributed by atoms with van der Waals surface area (Å²) in [6.07, 6.45) is 1.82. The summed E-state index contributed by atoms with van der Waals surface area (Å²) < 4.78 is 2.16. The molecule has 0 aliphatic heterocycles. The Balaban J connectivity index is 2.10. The minimum Gasteiger partial charge on any atom is -0.308 e. The average Bonchev–Trinajstić information content (AvgIpc) is 2.69. The van der Waals surface area contributed by atoms with Crippen molar-refractivity contribution in [3.05, 3.63) is 59.5 Å². The van der Waals surface area contributed by atoms with Gasteiger partial charge in [0.25, 0.3) is 0 Å². The van der Waals surface area contributed by atoms with E-state index in [1.165, 1.54) is 11.1 Å². The Bertz CT molecular complexity index is 698. The lowest BCUT2D eigenvalue weighted by Gasteiger charge is -2.08. The molecule has 0 amide bonds. The molecule has 3 rings (SSSR count). The normalized spacial score (nSPS) is 11.0. The van der Waals surface area contributed by atoms with Gasteiger partial charge in [-0.05, 0) is 37.1 Å². The van der Waals surface area contributed by atoms with Crippen molar-refractivity contribution in [2.24, 2.45) is 0 Å². The van der Waals surface area contributed by atoms with Gasteiger partial charge in [-0.1, -0.05) is 24.3 Å². The Labute approximate surface area is 106 Å². The molecule has 2 heterocycles. The van der Waals surface area contributed by atoms with E-state index in [2.05, 4.69) is 45.7 Å². The highest BCUT2D eigenvalue weighted by Crippen LogP contribution is 2.16. The zero-order chi connectivity index (χ0) is 12.5. The molecule has 0 aliphatic carbocycles. The minimum absolute atomic E-state index is 0.825. The summed E-state index contributed by atoms with van der Waals surface area (Å²) in [6.45, 7) is 4.99. The molecule has 90 valence electrons. The number of benzene rings is 1. The standard InChI is InChI=1S/C15H15N3/c1-11-6-3-4-7-13(11)10-18-12(2)17-14-8-5-9-16-15(14)18/h3-9H,10H2,1-2H3. The fourth-order valence-corrected chi connectivity index (χ4v) is 2.22. The number of hydrogen-bond donors (Lipinski definition) is 0. The Morgan fingerprint density at radius 3 is 2.72 bits per heavy atom. The summed E-state index contributed by atoms with van der Waals surface area (Å²) in [7, 11) is 0. The van der Waals surface area contributed by atoms with Crippen LogP contribution in [0.4, 0.5) is 0 Å². The van der Waals surface area contributed by atoms with Gasteiger partial charge in [0, 0.05) is 6.20 Å². The van der Waals surface area contributed by atoms with Gasteiger partial charge in [0.1, 0.15) is 11.3 Å². The molecule has 3 nitrogen and oxygen atoms in total. The maximum absolute atomic E-state index is 4.54. The Hall–Kier alpha value is -2.16. The van der Waals surface area contributed by atoms with E-state index in [-0.39, 0.29) is 0 Å². The van der Waals surface area contributed by atoms with Crippen LogP contribution in [-0.2, 0) is 6.54 Å².